The van der Waals surface area contributed by atoms with E-state index in [4.69, 9.17) is 4.74 Å². The largest absolute Gasteiger partial charge is 0.383 e. The first-order valence-electron chi connectivity index (χ1n) is 8.92. The average molecular weight is 358 g/mol. The molecule has 0 radical (unpaired) electrons. The number of nitrogens with zero attached hydrogens (tertiary/aromatic N) is 5. The van der Waals surface area contributed by atoms with Gasteiger partial charge in [-0.3, -0.25) is 14.5 Å². The lowest BCUT2D eigenvalue weighted by Crippen LogP contribution is -2.33. The molecule has 0 bridgehead atoms. The number of hydrogen-bond donors (Lipinski definition) is 1. The third kappa shape index (κ3) is 4.01. The lowest BCUT2D eigenvalue weighted by atomic mass is 9.95. The van der Waals surface area contributed by atoms with Gasteiger partial charge in [0.1, 0.15) is 5.82 Å². The van der Waals surface area contributed by atoms with E-state index in [2.05, 4.69) is 34.2 Å². The lowest BCUT2D eigenvalue weighted by molar-refractivity contribution is -0.129. The number of likely N-dealkylation sites (tertiary alicyclic amines) is 1. The van der Waals surface area contributed by atoms with Crippen LogP contribution in [0.3, 0.4) is 0 Å². The van der Waals surface area contributed by atoms with Crippen LogP contribution in [0.5, 0.6) is 0 Å². The highest BCUT2D eigenvalue weighted by Crippen LogP contribution is 2.38. The van der Waals surface area contributed by atoms with E-state index in [1.807, 2.05) is 22.0 Å². The number of carbonyl (C=O) groups is 1. The van der Waals surface area contributed by atoms with E-state index in [9.17, 15) is 4.79 Å². The minimum atomic E-state index is -0.0191. The molecule has 1 N–H and O–H groups in total. The van der Waals surface area contributed by atoms with Gasteiger partial charge in [-0.25, -0.2) is 4.98 Å². The van der Waals surface area contributed by atoms with Gasteiger partial charge in [0.25, 0.3) is 0 Å². The number of methoxy groups -OCH3 is 1. The Labute approximate surface area is 153 Å². The summed E-state index contributed by atoms with van der Waals surface area (Å²) < 4.78 is 7.13. The zero-order chi connectivity index (χ0) is 18.5. The molecule has 3 rings (SSSR count). The predicted molar refractivity (Wildman–Crippen MR) is 97.6 cm³/mol. The third-order valence-corrected chi connectivity index (χ3v) is 4.68. The van der Waals surface area contributed by atoms with E-state index >= 15 is 0 Å². The summed E-state index contributed by atoms with van der Waals surface area (Å²) in [7, 11) is 1.65. The molecule has 1 aliphatic heterocycles. The molecule has 0 aliphatic carbocycles. The molecule has 26 heavy (non-hydrogen) atoms. The van der Waals surface area contributed by atoms with E-state index < -0.39 is 0 Å². The van der Waals surface area contributed by atoms with Crippen LogP contribution < -0.4 is 5.32 Å². The van der Waals surface area contributed by atoms with Crippen molar-refractivity contribution in [2.45, 2.75) is 32.4 Å². The Bertz CT molecular complexity index is 717. The zero-order valence-electron chi connectivity index (χ0n) is 15.5. The minimum Gasteiger partial charge on any atom is -0.383 e. The topological polar surface area (TPSA) is 85.2 Å². The van der Waals surface area contributed by atoms with Crippen molar-refractivity contribution in [1.29, 1.82) is 0 Å². The number of rotatable bonds is 8. The average Bonchev–Trinajstić information content (AvgIpc) is 3.23. The Morgan fingerprint density at radius 1 is 1.35 bits per heavy atom. The standard InChI is InChI=1S/C18H26N6O2/c1-13(2)24-12-15(10-22-24)18-14(8-17(25)23(18)6-7-26-3)9-21-16-11-19-4-5-20-16/h4-5,10-14,18H,6-9H2,1-3H3,(H,20,21)/t14-,18+/m0/s1. The van der Waals surface area contributed by atoms with Crippen LogP contribution in [0.4, 0.5) is 5.82 Å². The number of anilines is 1. The monoisotopic (exact) mass is 358 g/mol. The van der Waals surface area contributed by atoms with Crippen LogP contribution >= 0.6 is 0 Å². The number of ether oxygens (including phenoxy) is 1. The normalized spacial score (nSPS) is 20.2. The summed E-state index contributed by atoms with van der Waals surface area (Å²) in [6.45, 7) is 5.92. The fraction of sp³-hybridized carbons (Fsp3) is 0.556. The van der Waals surface area contributed by atoms with Crippen LogP contribution in [-0.2, 0) is 9.53 Å². The first kappa shape index (κ1) is 18.3. The highest BCUT2D eigenvalue weighted by Gasteiger charge is 2.40. The second-order valence-electron chi connectivity index (χ2n) is 6.81. The highest BCUT2D eigenvalue weighted by atomic mass is 16.5. The fourth-order valence-corrected chi connectivity index (χ4v) is 3.37. The Hall–Kier alpha value is -2.48. The van der Waals surface area contributed by atoms with E-state index in [1.54, 1.807) is 25.7 Å². The predicted octanol–water partition coefficient (Wildman–Crippen LogP) is 1.90. The van der Waals surface area contributed by atoms with Crippen molar-refractivity contribution in [2.75, 3.05) is 32.1 Å². The number of nitrogens with one attached hydrogen (secondary N) is 1. The van der Waals surface area contributed by atoms with Crippen LogP contribution in [-0.4, -0.2) is 57.4 Å². The van der Waals surface area contributed by atoms with Crippen molar-refractivity contribution < 1.29 is 9.53 Å². The van der Waals surface area contributed by atoms with Gasteiger partial charge in [-0.15, -0.1) is 0 Å². The Balaban J connectivity index is 1.79. The molecular formula is C18H26N6O2. The molecule has 0 unspecified atom stereocenters. The smallest absolute Gasteiger partial charge is 0.223 e. The van der Waals surface area contributed by atoms with Gasteiger partial charge in [0, 0.05) is 62.7 Å². The molecule has 0 aromatic carbocycles. The van der Waals surface area contributed by atoms with Gasteiger partial charge < -0.3 is 15.0 Å². The second kappa shape index (κ2) is 8.27. The summed E-state index contributed by atoms with van der Waals surface area (Å²) in [6, 6.07) is 0.263. The number of carbonyl (C=O) groups excluding carboxylic acids is 1. The molecule has 2 aromatic rings. The molecule has 2 aromatic heterocycles. The van der Waals surface area contributed by atoms with Crippen molar-refractivity contribution in [2.24, 2.45) is 5.92 Å². The number of hydrogen-bond acceptors (Lipinski definition) is 6. The Kier molecular flexibility index (Phi) is 5.82. The molecule has 0 spiro atoms. The highest BCUT2D eigenvalue weighted by molar-refractivity contribution is 5.79. The molecular weight excluding hydrogens is 332 g/mol. The van der Waals surface area contributed by atoms with Crippen LogP contribution in [0.25, 0.3) is 0 Å². The quantitative estimate of drug-likeness (QED) is 0.776. The zero-order valence-corrected chi connectivity index (χ0v) is 15.5. The van der Waals surface area contributed by atoms with Gasteiger partial charge in [-0.2, -0.15) is 5.10 Å². The third-order valence-electron chi connectivity index (χ3n) is 4.68. The maximum atomic E-state index is 12.6. The van der Waals surface area contributed by atoms with Crippen molar-refractivity contribution in [1.82, 2.24) is 24.6 Å². The summed E-state index contributed by atoms with van der Waals surface area (Å²) in [6.07, 6.45) is 9.39. The van der Waals surface area contributed by atoms with Gasteiger partial charge in [0.05, 0.1) is 25.0 Å². The van der Waals surface area contributed by atoms with E-state index in [0.29, 0.717) is 31.9 Å². The number of aromatic nitrogens is 4. The fourth-order valence-electron chi connectivity index (χ4n) is 3.37. The van der Waals surface area contributed by atoms with Crippen molar-refractivity contribution in [3.63, 3.8) is 0 Å². The van der Waals surface area contributed by atoms with E-state index in [-0.39, 0.29) is 23.9 Å². The SMILES string of the molecule is COCCN1C(=O)C[C@@H](CNc2cnccn2)[C@@H]1c1cnn(C(C)C)c1. The molecule has 3 heterocycles. The summed E-state index contributed by atoms with van der Waals surface area (Å²) in [4.78, 5) is 22.8. The summed E-state index contributed by atoms with van der Waals surface area (Å²) in [5.41, 5.74) is 1.06. The summed E-state index contributed by atoms with van der Waals surface area (Å²) in [5, 5.41) is 7.76. The summed E-state index contributed by atoms with van der Waals surface area (Å²) >= 11 is 0. The molecule has 1 amide bonds. The molecule has 140 valence electrons. The first-order chi connectivity index (χ1) is 12.6. The van der Waals surface area contributed by atoms with Gasteiger partial charge in [0.15, 0.2) is 0 Å². The molecule has 8 heteroatoms. The van der Waals surface area contributed by atoms with Crippen molar-refractivity contribution >= 4 is 11.7 Å². The van der Waals surface area contributed by atoms with Crippen LogP contribution in [0.15, 0.2) is 31.0 Å². The molecule has 0 saturated carbocycles. The Morgan fingerprint density at radius 2 is 2.19 bits per heavy atom. The van der Waals surface area contributed by atoms with Gasteiger partial charge in [-0.05, 0) is 13.8 Å². The molecule has 8 nitrogen and oxygen atoms in total. The molecule has 1 fully saturated rings. The lowest BCUT2D eigenvalue weighted by Gasteiger charge is -2.27. The van der Waals surface area contributed by atoms with Gasteiger partial charge >= 0.3 is 0 Å². The van der Waals surface area contributed by atoms with E-state index in [1.165, 1.54) is 0 Å². The van der Waals surface area contributed by atoms with Crippen molar-refractivity contribution in [3.8, 4) is 0 Å². The first-order valence-corrected chi connectivity index (χ1v) is 8.92. The molecule has 2 atom stereocenters. The molecule has 1 saturated heterocycles. The van der Waals surface area contributed by atoms with Crippen molar-refractivity contribution in [3.05, 3.63) is 36.5 Å². The van der Waals surface area contributed by atoms with Crippen LogP contribution in [0.2, 0.25) is 0 Å². The summed E-state index contributed by atoms with van der Waals surface area (Å²) in [5.74, 6) is 0.994. The minimum absolute atomic E-state index is 0.0191. The van der Waals surface area contributed by atoms with Crippen LogP contribution in [0.1, 0.15) is 37.9 Å². The maximum Gasteiger partial charge on any atom is 0.223 e. The van der Waals surface area contributed by atoms with Crippen LogP contribution in [0, 0.1) is 5.92 Å². The van der Waals surface area contributed by atoms with E-state index in [0.717, 1.165) is 5.56 Å². The molecule has 1 aliphatic rings. The second-order valence-corrected chi connectivity index (χ2v) is 6.81. The Morgan fingerprint density at radius 3 is 2.85 bits per heavy atom. The number of amides is 1. The van der Waals surface area contributed by atoms with Gasteiger partial charge in [-0.1, -0.05) is 0 Å². The maximum absolute atomic E-state index is 12.6. The van der Waals surface area contributed by atoms with Gasteiger partial charge in [0.2, 0.25) is 5.91 Å².